The van der Waals surface area contributed by atoms with Gasteiger partial charge in [-0.25, -0.2) is 0 Å². The molecule has 0 aliphatic carbocycles. The molecule has 0 saturated carbocycles. The molecule has 2 rings (SSSR count). The van der Waals surface area contributed by atoms with Crippen LogP contribution < -0.4 is 5.32 Å². The fourth-order valence-electron chi connectivity index (χ4n) is 2.18. The van der Waals surface area contributed by atoms with Crippen molar-refractivity contribution in [3.63, 3.8) is 0 Å². The summed E-state index contributed by atoms with van der Waals surface area (Å²) in [5.41, 5.74) is 0.410. The molecular weight excluding hydrogens is 230 g/mol. The summed E-state index contributed by atoms with van der Waals surface area (Å²) in [4.78, 5) is 0. The van der Waals surface area contributed by atoms with Gasteiger partial charge in [-0.1, -0.05) is 0 Å². The van der Waals surface area contributed by atoms with E-state index in [1.54, 1.807) is 0 Å². The SMILES string of the molecule is CC(C)n1cc(CNCC2(O)CCOC2C)cn1. The van der Waals surface area contributed by atoms with E-state index < -0.39 is 5.60 Å². The Labute approximate surface area is 108 Å². The molecule has 1 saturated heterocycles. The highest BCUT2D eigenvalue weighted by Gasteiger charge is 2.38. The van der Waals surface area contributed by atoms with Crippen LogP contribution in [-0.2, 0) is 11.3 Å². The van der Waals surface area contributed by atoms with E-state index in [2.05, 4.69) is 24.3 Å². The van der Waals surface area contributed by atoms with Crippen molar-refractivity contribution in [2.45, 2.75) is 51.5 Å². The molecule has 0 aromatic carbocycles. The number of rotatable bonds is 5. The first-order valence-corrected chi connectivity index (χ1v) is 6.59. The summed E-state index contributed by atoms with van der Waals surface area (Å²) < 4.78 is 7.34. The number of nitrogens with one attached hydrogen (secondary N) is 1. The van der Waals surface area contributed by atoms with E-state index in [-0.39, 0.29) is 6.10 Å². The molecule has 1 aromatic rings. The van der Waals surface area contributed by atoms with Crippen LogP contribution in [-0.4, -0.2) is 39.7 Å². The van der Waals surface area contributed by atoms with Gasteiger partial charge in [0.15, 0.2) is 0 Å². The zero-order valence-electron chi connectivity index (χ0n) is 11.4. The number of aromatic nitrogens is 2. The topological polar surface area (TPSA) is 59.3 Å². The Morgan fingerprint density at radius 2 is 2.44 bits per heavy atom. The molecule has 1 fully saturated rings. The van der Waals surface area contributed by atoms with E-state index in [1.807, 2.05) is 24.0 Å². The summed E-state index contributed by atoms with van der Waals surface area (Å²) in [7, 11) is 0. The Kier molecular flexibility index (Phi) is 4.04. The lowest BCUT2D eigenvalue weighted by molar-refractivity contribution is -0.0262. The number of ether oxygens (including phenoxy) is 1. The third-order valence-electron chi connectivity index (χ3n) is 3.60. The third kappa shape index (κ3) is 2.91. The summed E-state index contributed by atoms with van der Waals surface area (Å²) in [6.07, 6.45) is 4.51. The Morgan fingerprint density at radius 3 is 3.00 bits per heavy atom. The van der Waals surface area contributed by atoms with Crippen molar-refractivity contribution >= 4 is 0 Å². The largest absolute Gasteiger partial charge is 0.386 e. The van der Waals surface area contributed by atoms with Gasteiger partial charge in [-0.3, -0.25) is 4.68 Å². The predicted octanol–water partition coefficient (Wildman–Crippen LogP) is 1.09. The maximum absolute atomic E-state index is 10.3. The van der Waals surface area contributed by atoms with E-state index in [0.717, 1.165) is 12.1 Å². The molecule has 0 bridgehead atoms. The van der Waals surface area contributed by atoms with Gasteiger partial charge >= 0.3 is 0 Å². The van der Waals surface area contributed by atoms with Crippen LogP contribution in [0, 0.1) is 0 Å². The maximum Gasteiger partial charge on any atom is 0.105 e. The molecule has 2 atom stereocenters. The third-order valence-corrected chi connectivity index (χ3v) is 3.60. The van der Waals surface area contributed by atoms with E-state index in [4.69, 9.17) is 4.74 Å². The van der Waals surface area contributed by atoms with Crippen molar-refractivity contribution < 1.29 is 9.84 Å². The lowest BCUT2D eigenvalue weighted by atomic mass is 9.97. The average Bonchev–Trinajstić information content (AvgIpc) is 2.88. The molecule has 102 valence electrons. The molecule has 2 N–H and O–H groups in total. The molecule has 1 aliphatic heterocycles. The molecule has 5 nitrogen and oxygen atoms in total. The van der Waals surface area contributed by atoms with Crippen LogP contribution in [0.15, 0.2) is 12.4 Å². The Morgan fingerprint density at radius 1 is 1.67 bits per heavy atom. The standard InChI is InChI=1S/C13H23N3O2/c1-10(2)16-8-12(7-15-16)6-14-9-13(17)4-5-18-11(13)3/h7-8,10-11,14,17H,4-6,9H2,1-3H3. The van der Waals surface area contributed by atoms with Gasteiger partial charge in [-0.05, 0) is 20.8 Å². The average molecular weight is 253 g/mol. The zero-order valence-corrected chi connectivity index (χ0v) is 11.4. The summed E-state index contributed by atoms with van der Waals surface area (Å²) >= 11 is 0. The Bertz CT molecular complexity index is 391. The summed E-state index contributed by atoms with van der Waals surface area (Å²) in [6.45, 7) is 8.05. The first-order valence-electron chi connectivity index (χ1n) is 6.59. The van der Waals surface area contributed by atoms with Crippen LogP contribution in [0.25, 0.3) is 0 Å². The van der Waals surface area contributed by atoms with Crippen molar-refractivity contribution in [1.29, 1.82) is 0 Å². The van der Waals surface area contributed by atoms with Crippen molar-refractivity contribution in [2.24, 2.45) is 0 Å². The van der Waals surface area contributed by atoms with Crippen LogP contribution in [0.2, 0.25) is 0 Å². The second-order valence-corrected chi connectivity index (χ2v) is 5.39. The summed E-state index contributed by atoms with van der Waals surface area (Å²) in [5, 5.41) is 17.9. The van der Waals surface area contributed by atoms with Crippen LogP contribution in [0.4, 0.5) is 0 Å². The molecule has 0 radical (unpaired) electrons. The van der Waals surface area contributed by atoms with Crippen molar-refractivity contribution in [1.82, 2.24) is 15.1 Å². The number of nitrogens with zero attached hydrogens (tertiary/aromatic N) is 2. The minimum absolute atomic E-state index is 0.0941. The van der Waals surface area contributed by atoms with Crippen molar-refractivity contribution in [2.75, 3.05) is 13.2 Å². The smallest absolute Gasteiger partial charge is 0.105 e. The zero-order chi connectivity index (χ0) is 13.2. The van der Waals surface area contributed by atoms with Gasteiger partial charge in [-0.15, -0.1) is 0 Å². The summed E-state index contributed by atoms with van der Waals surface area (Å²) in [6, 6.07) is 0.381. The van der Waals surface area contributed by atoms with Gasteiger partial charge in [0.1, 0.15) is 5.60 Å². The number of hydrogen-bond acceptors (Lipinski definition) is 4. The molecule has 2 unspecified atom stereocenters. The Balaban J connectivity index is 1.81. The Hall–Kier alpha value is -0.910. The fraction of sp³-hybridized carbons (Fsp3) is 0.769. The van der Waals surface area contributed by atoms with E-state index in [1.165, 1.54) is 0 Å². The highest BCUT2D eigenvalue weighted by atomic mass is 16.5. The normalized spacial score (nSPS) is 28.2. The number of hydrogen-bond donors (Lipinski definition) is 2. The lowest BCUT2D eigenvalue weighted by Crippen LogP contribution is -2.45. The van der Waals surface area contributed by atoms with Crippen LogP contribution in [0.1, 0.15) is 38.8 Å². The highest BCUT2D eigenvalue weighted by molar-refractivity contribution is 5.04. The highest BCUT2D eigenvalue weighted by Crippen LogP contribution is 2.24. The predicted molar refractivity (Wildman–Crippen MR) is 69.3 cm³/mol. The molecule has 18 heavy (non-hydrogen) atoms. The monoisotopic (exact) mass is 253 g/mol. The second-order valence-electron chi connectivity index (χ2n) is 5.39. The molecule has 0 spiro atoms. The van der Waals surface area contributed by atoms with Gasteiger partial charge in [0.2, 0.25) is 0 Å². The van der Waals surface area contributed by atoms with Crippen LogP contribution in [0.5, 0.6) is 0 Å². The minimum atomic E-state index is -0.728. The minimum Gasteiger partial charge on any atom is -0.386 e. The lowest BCUT2D eigenvalue weighted by Gasteiger charge is -2.26. The number of aliphatic hydroxyl groups is 1. The van der Waals surface area contributed by atoms with Crippen molar-refractivity contribution in [3.05, 3.63) is 18.0 Å². The van der Waals surface area contributed by atoms with E-state index in [9.17, 15) is 5.11 Å². The molecule has 1 aromatic heterocycles. The molecule has 0 amide bonds. The fourth-order valence-corrected chi connectivity index (χ4v) is 2.18. The first kappa shape index (κ1) is 13.5. The molecule has 1 aliphatic rings. The summed E-state index contributed by atoms with van der Waals surface area (Å²) in [5.74, 6) is 0. The van der Waals surface area contributed by atoms with Crippen LogP contribution >= 0.6 is 0 Å². The van der Waals surface area contributed by atoms with Crippen molar-refractivity contribution in [3.8, 4) is 0 Å². The van der Waals surface area contributed by atoms with Gasteiger partial charge in [0, 0.05) is 43.9 Å². The quantitative estimate of drug-likeness (QED) is 0.825. The maximum atomic E-state index is 10.3. The van der Waals surface area contributed by atoms with Gasteiger partial charge in [0.05, 0.1) is 12.3 Å². The van der Waals surface area contributed by atoms with E-state index in [0.29, 0.717) is 25.6 Å². The van der Waals surface area contributed by atoms with Gasteiger partial charge < -0.3 is 15.2 Å². The molecular formula is C13H23N3O2. The van der Waals surface area contributed by atoms with Gasteiger partial charge in [0.25, 0.3) is 0 Å². The van der Waals surface area contributed by atoms with E-state index >= 15 is 0 Å². The second kappa shape index (κ2) is 5.38. The molecule has 5 heteroatoms. The van der Waals surface area contributed by atoms with Crippen LogP contribution in [0.3, 0.4) is 0 Å². The van der Waals surface area contributed by atoms with Gasteiger partial charge in [-0.2, -0.15) is 5.10 Å². The first-order chi connectivity index (χ1) is 8.51. The molecule has 2 heterocycles.